The van der Waals surface area contributed by atoms with Crippen LogP contribution in [-0.2, 0) is 6.42 Å². The quantitative estimate of drug-likeness (QED) is 0.523. The van der Waals surface area contributed by atoms with E-state index < -0.39 is 12.5 Å². The van der Waals surface area contributed by atoms with Crippen LogP contribution in [0, 0.1) is 6.92 Å². The van der Waals surface area contributed by atoms with Crippen molar-refractivity contribution in [1.29, 1.82) is 0 Å². The van der Waals surface area contributed by atoms with Crippen molar-refractivity contribution in [3.63, 3.8) is 0 Å². The average Bonchev–Trinajstić information content (AvgIpc) is 3.13. The van der Waals surface area contributed by atoms with Gasteiger partial charge in [0, 0.05) is 29.9 Å². The Morgan fingerprint density at radius 3 is 2.60 bits per heavy atom. The molecule has 8 heteroatoms. The van der Waals surface area contributed by atoms with Crippen LogP contribution in [0.4, 0.5) is 8.78 Å². The van der Waals surface area contributed by atoms with Crippen LogP contribution in [-0.4, -0.2) is 26.9 Å². The summed E-state index contributed by atoms with van der Waals surface area (Å²) in [4.78, 5) is 20.4. The van der Waals surface area contributed by atoms with Crippen molar-refractivity contribution in [3.05, 3.63) is 83.4 Å². The topological polar surface area (TPSA) is 82.5 Å². The number of fused-ring (bicyclic) bond motifs is 1. The van der Waals surface area contributed by atoms with Crippen LogP contribution in [0.15, 0.2) is 61.1 Å². The normalized spacial score (nSPS) is 11.2. The summed E-state index contributed by atoms with van der Waals surface area (Å²) in [6.45, 7) is -1.02. The summed E-state index contributed by atoms with van der Waals surface area (Å²) in [5.74, 6) is -0.359. The number of imidazole rings is 1. The lowest BCUT2D eigenvalue weighted by Crippen LogP contribution is -2.12. The van der Waals surface area contributed by atoms with E-state index in [0.29, 0.717) is 17.6 Å². The molecule has 0 spiro atoms. The first-order valence-electron chi connectivity index (χ1n) is 9.18. The lowest BCUT2D eigenvalue weighted by molar-refractivity contribution is -0.0498. The van der Waals surface area contributed by atoms with Gasteiger partial charge >= 0.3 is 6.61 Å². The average molecular weight is 408 g/mol. The molecule has 0 atom stereocenters. The number of hydrogen-bond donors (Lipinski definition) is 1. The molecule has 152 valence electrons. The predicted molar refractivity (Wildman–Crippen MR) is 108 cm³/mol. The van der Waals surface area contributed by atoms with E-state index in [2.05, 4.69) is 14.7 Å². The smallest absolute Gasteiger partial charge is 0.387 e. The molecule has 0 saturated carbocycles. The van der Waals surface area contributed by atoms with Crippen LogP contribution in [0.1, 0.15) is 27.2 Å². The number of ether oxygens (including phenoxy) is 1. The molecule has 0 aliphatic rings. The molecule has 1 amide bonds. The van der Waals surface area contributed by atoms with Crippen molar-refractivity contribution in [2.75, 3.05) is 0 Å². The third-order valence-corrected chi connectivity index (χ3v) is 4.80. The molecule has 0 fully saturated rings. The van der Waals surface area contributed by atoms with Crippen LogP contribution in [0.25, 0.3) is 16.9 Å². The molecule has 0 bridgehead atoms. The van der Waals surface area contributed by atoms with Gasteiger partial charge < -0.3 is 10.5 Å². The molecular formula is C22H18F2N4O2. The molecule has 6 nitrogen and oxygen atoms in total. The van der Waals surface area contributed by atoms with Crippen molar-refractivity contribution in [3.8, 4) is 17.0 Å². The number of primary amides is 1. The van der Waals surface area contributed by atoms with Crippen molar-refractivity contribution >= 4 is 11.6 Å². The third-order valence-electron chi connectivity index (χ3n) is 4.80. The standard InChI is InChI=1S/C22H18F2N4O2/c1-13-10-14(2-7-17(13)20(25)29)11-18-21-27-12-19(28(21)9-8-26-18)15-3-5-16(6-4-15)30-22(23)24/h2-10,12,22H,11H2,1H3,(H2,25,29). The van der Waals surface area contributed by atoms with Crippen molar-refractivity contribution < 1.29 is 18.3 Å². The molecule has 4 aromatic rings. The van der Waals surface area contributed by atoms with Crippen molar-refractivity contribution in [2.24, 2.45) is 5.73 Å². The Labute approximate surface area is 171 Å². The van der Waals surface area contributed by atoms with Gasteiger partial charge in [-0.25, -0.2) is 4.98 Å². The summed E-state index contributed by atoms with van der Waals surface area (Å²) < 4.78 is 31.0. The Bertz CT molecular complexity index is 1220. The summed E-state index contributed by atoms with van der Waals surface area (Å²) in [5.41, 5.74) is 10.7. The van der Waals surface area contributed by atoms with Gasteiger partial charge in [-0.05, 0) is 48.4 Å². The van der Waals surface area contributed by atoms with E-state index in [1.54, 1.807) is 36.8 Å². The molecule has 2 aromatic carbocycles. The fraction of sp³-hybridized carbons (Fsp3) is 0.136. The first-order valence-corrected chi connectivity index (χ1v) is 9.18. The summed E-state index contributed by atoms with van der Waals surface area (Å²) in [5, 5.41) is 0. The highest BCUT2D eigenvalue weighted by Crippen LogP contribution is 2.25. The molecule has 0 aliphatic heterocycles. The molecular weight excluding hydrogens is 390 g/mol. The minimum atomic E-state index is -2.86. The number of carbonyl (C=O) groups is 1. The second-order valence-electron chi connectivity index (χ2n) is 6.80. The molecule has 0 saturated heterocycles. The van der Waals surface area contributed by atoms with E-state index in [0.717, 1.165) is 28.1 Å². The van der Waals surface area contributed by atoms with Gasteiger partial charge in [-0.1, -0.05) is 12.1 Å². The van der Waals surface area contributed by atoms with Gasteiger partial charge in [-0.15, -0.1) is 0 Å². The van der Waals surface area contributed by atoms with Gasteiger partial charge in [0.05, 0.1) is 17.6 Å². The van der Waals surface area contributed by atoms with E-state index >= 15 is 0 Å². The Balaban J connectivity index is 1.65. The van der Waals surface area contributed by atoms with Gasteiger partial charge in [-0.2, -0.15) is 8.78 Å². The zero-order valence-electron chi connectivity index (χ0n) is 16.0. The maximum absolute atomic E-state index is 12.3. The Morgan fingerprint density at radius 2 is 1.93 bits per heavy atom. The van der Waals surface area contributed by atoms with Gasteiger partial charge in [0.1, 0.15) is 5.75 Å². The minimum Gasteiger partial charge on any atom is -0.435 e. The second kappa shape index (κ2) is 7.90. The first-order chi connectivity index (χ1) is 14.4. The van der Waals surface area contributed by atoms with E-state index in [9.17, 15) is 13.6 Å². The Kier molecular flexibility index (Phi) is 5.14. The highest BCUT2D eigenvalue weighted by molar-refractivity contribution is 5.94. The lowest BCUT2D eigenvalue weighted by atomic mass is 10.0. The summed E-state index contributed by atoms with van der Waals surface area (Å²) in [6.07, 6.45) is 5.73. The number of amides is 1. The number of aromatic nitrogens is 3. The van der Waals surface area contributed by atoms with Crippen LogP contribution >= 0.6 is 0 Å². The number of halogens is 2. The summed E-state index contributed by atoms with van der Waals surface area (Å²) >= 11 is 0. The Morgan fingerprint density at radius 1 is 1.17 bits per heavy atom. The molecule has 30 heavy (non-hydrogen) atoms. The molecule has 2 aromatic heterocycles. The van der Waals surface area contributed by atoms with Gasteiger partial charge in [0.15, 0.2) is 5.65 Å². The van der Waals surface area contributed by atoms with Crippen molar-refractivity contribution in [1.82, 2.24) is 14.4 Å². The number of hydrogen-bond acceptors (Lipinski definition) is 4. The van der Waals surface area contributed by atoms with E-state index in [4.69, 9.17) is 5.73 Å². The van der Waals surface area contributed by atoms with Crippen LogP contribution in [0.5, 0.6) is 5.75 Å². The van der Waals surface area contributed by atoms with Crippen LogP contribution < -0.4 is 10.5 Å². The number of nitrogens with zero attached hydrogens (tertiary/aromatic N) is 3. The highest BCUT2D eigenvalue weighted by atomic mass is 19.3. The van der Waals surface area contributed by atoms with Gasteiger partial charge in [0.2, 0.25) is 5.91 Å². The fourth-order valence-electron chi connectivity index (χ4n) is 3.42. The zero-order valence-corrected chi connectivity index (χ0v) is 16.0. The van der Waals surface area contributed by atoms with Gasteiger partial charge in [0.25, 0.3) is 0 Å². The van der Waals surface area contributed by atoms with Gasteiger partial charge in [-0.3, -0.25) is 14.2 Å². The number of benzene rings is 2. The van der Waals surface area contributed by atoms with E-state index in [1.807, 2.05) is 23.5 Å². The van der Waals surface area contributed by atoms with E-state index in [1.165, 1.54) is 12.1 Å². The lowest BCUT2D eigenvalue weighted by Gasteiger charge is -2.08. The summed E-state index contributed by atoms with van der Waals surface area (Å²) in [6, 6.07) is 11.9. The number of alkyl halides is 2. The highest BCUT2D eigenvalue weighted by Gasteiger charge is 2.13. The molecule has 0 radical (unpaired) electrons. The van der Waals surface area contributed by atoms with Crippen LogP contribution in [0.2, 0.25) is 0 Å². The molecule has 0 unspecified atom stereocenters. The molecule has 0 aliphatic carbocycles. The molecule has 4 rings (SSSR count). The molecule has 2 N–H and O–H groups in total. The van der Waals surface area contributed by atoms with Crippen LogP contribution in [0.3, 0.4) is 0 Å². The fourth-order valence-corrected chi connectivity index (χ4v) is 3.42. The number of carbonyl (C=O) groups excluding carboxylic acids is 1. The SMILES string of the molecule is Cc1cc(Cc2nccn3c(-c4ccc(OC(F)F)cc4)cnc23)ccc1C(N)=O. The molecule has 2 heterocycles. The van der Waals surface area contributed by atoms with E-state index in [-0.39, 0.29) is 5.75 Å². The predicted octanol–water partition coefficient (Wildman–Crippen LogP) is 4.00. The minimum absolute atomic E-state index is 0.0969. The zero-order chi connectivity index (χ0) is 21.3. The largest absolute Gasteiger partial charge is 0.435 e. The third kappa shape index (κ3) is 3.84. The Hall–Kier alpha value is -3.81. The van der Waals surface area contributed by atoms with Crippen molar-refractivity contribution in [2.45, 2.75) is 20.0 Å². The number of rotatable bonds is 6. The maximum Gasteiger partial charge on any atom is 0.387 e. The first kappa shape index (κ1) is 19.5. The number of nitrogens with two attached hydrogens (primary N) is 1. The number of aryl methyl sites for hydroxylation is 1. The summed E-state index contributed by atoms with van der Waals surface area (Å²) in [7, 11) is 0. The monoisotopic (exact) mass is 408 g/mol. The second-order valence-corrected chi connectivity index (χ2v) is 6.80. The maximum atomic E-state index is 12.3.